The molecule has 0 aromatic carbocycles. The minimum atomic E-state index is -1.28. The van der Waals surface area contributed by atoms with Gasteiger partial charge in [0.25, 0.3) is 0 Å². The lowest BCUT2D eigenvalue weighted by Crippen LogP contribution is -2.19. The van der Waals surface area contributed by atoms with E-state index >= 15 is 0 Å². The fourth-order valence-corrected chi connectivity index (χ4v) is 2.09. The number of carbonyl (C=O) groups excluding carboxylic acids is 2. The number of esters is 1. The molecule has 0 radical (unpaired) electrons. The number of fused-ring (bicyclic) bond motifs is 1. The highest BCUT2D eigenvalue weighted by atomic mass is 16.5. The molecule has 90 valence electrons. The van der Waals surface area contributed by atoms with Gasteiger partial charge in [-0.2, -0.15) is 0 Å². The Balaban J connectivity index is 2.63. The van der Waals surface area contributed by atoms with Gasteiger partial charge in [-0.3, -0.25) is 4.79 Å². The smallest absolute Gasteiger partial charge is 0.416 e. The van der Waals surface area contributed by atoms with Crippen LogP contribution in [-0.2, 0) is 11.2 Å². The highest BCUT2D eigenvalue weighted by Gasteiger charge is 2.35. The number of ketones is 1. The van der Waals surface area contributed by atoms with E-state index in [-0.39, 0.29) is 17.4 Å². The first-order chi connectivity index (χ1) is 7.97. The van der Waals surface area contributed by atoms with Gasteiger partial charge < -0.3 is 9.84 Å². The predicted molar refractivity (Wildman–Crippen MR) is 56.4 cm³/mol. The van der Waals surface area contributed by atoms with Crippen LogP contribution >= 0.6 is 0 Å². The van der Waals surface area contributed by atoms with Crippen LogP contribution in [-0.4, -0.2) is 34.6 Å². The van der Waals surface area contributed by atoms with Gasteiger partial charge in [-0.15, -0.1) is 0 Å². The van der Waals surface area contributed by atoms with Crippen molar-refractivity contribution in [3.63, 3.8) is 0 Å². The van der Waals surface area contributed by atoms with E-state index in [9.17, 15) is 14.4 Å². The van der Waals surface area contributed by atoms with Crippen LogP contribution in [0.2, 0.25) is 0 Å². The lowest BCUT2D eigenvalue weighted by molar-refractivity contribution is 0.0587. The number of carbonyl (C=O) groups is 3. The molecule has 1 unspecified atom stereocenters. The Hall–Kier alpha value is -2.11. The van der Waals surface area contributed by atoms with Crippen LogP contribution < -0.4 is 0 Å². The first-order valence-corrected chi connectivity index (χ1v) is 5.07. The van der Waals surface area contributed by atoms with Gasteiger partial charge in [-0.25, -0.2) is 14.2 Å². The largest absolute Gasteiger partial charge is 0.464 e. The van der Waals surface area contributed by atoms with Crippen LogP contribution in [0, 0.1) is 5.92 Å². The molecule has 0 bridgehead atoms. The summed E-state index contributed by atoms with van der Waals surface area (Å²) in [7, 11) is 1.16. The Morgan fingerprint density at radius 3 is 2.71 bits per heavy atom. The Labute approximate surface area is 96.8 Å². The van der Waals surface area contributed by atoms with Crippen LogP contribution in [0.1, 0.15) is 33.5 Å². The molecule has 17 heavy (non-hydrogen) atoms. The normalized spacial score (nSPS) is 18.0. The van der Waals surface area contributed by atoms with Crippen molar-refractivity contribution in [2.45, 2.75) is 13.3 Å². The van der Waals surface area contributed by atoms with Crippen molar-refractivity contribution in [1.82, 2.24) is 4.57 Å². The molecule has 6 nitrogen and oxygen atoms in total. The molecule has 0 spiro atoms. The van der Waals surface area contributed by atoms with E-state index in [1.54, 1.807) is 6.92 Å². The van der Waals surface area contributed by atoms with Gasteiger partial charge in [0.2, 0.25) is 0 Å². The van der Waals surface area contributed by atoms with Gasteiger partial charge in [0.05, 0.1) is 7.11 Å². The zero-order valence-corrected chi connectivity index (χ0v) is 9.39. The molecule has 1 aromatic heterocycles. The van der Waals surface area contributed by atoms with Gasteiger partial charge >= 0.3 is 12.1 Å². The van der Waals surface area contributed by atoms with E-state index < -0.39 is 12.1 Å². The summed E-state index contributed by atoms with van der Waals surface area (Å²) in [5.41, 5.74) is 0.556. The molecule has 0 amide bonds. The van der Waals surface area contributed by atoms with E-state index in [1.807, 2.05) is 0 Å². The summed E-state index contributed by atoms with van der Waals surface area (Å²) in [6.07, 6.45) is -0.953. The predicted octanol–water partition coefficient (Wildman–Crippen LogP) is 1.18. The van der Waals surface area contributed by atoms with Gasteiger partial charge in [-0.05, 0) is 12.5 Å². The average molecular weight is 237 g/mol. The summed E-state index contributed by atoms with van der Waals surface area (Å²) in [5.74, 6) is -1.13. The second kappa shape index (κ2) is 3.73. The fraction of sp³-hybridized carbons (Fsp3) is 0.364. The van der Waals surface area contributed by atoms with Crippen LogP contribution in [0.5, 0.6) is 0 Å². The fourth-order valence-electron chi connectivity index (χ4n) is 2.09. The number of carboxylic acid groups (broad SMARTS) is 1. The summed E-state index contributed by atoms with van der Waals surface area (Å²) >= 11 is 0. The molecule has 1 aliphatic carbocycles. The van der Waals surface area contributed by atoms with Crippen LogP contribution in [0.25, 0.3) is 0 Å². The van der Waals surface area contributed by atoms with Crippen molar-refractivity contribution in [1.29, 1.82) is 0 Å². The molecule has 1 aromatic rings. The van der Waals surface area contributed by atoms with Gasteiger partial charge in [0.15, 0.2) is 5.78 Å². The summed E-state index contributed by atoms with van der Waals surface area (Å²) in [6.45, 7) is 1.73. The number of rotatable bonds is 1. The van der Waals surface area contributed by atoms with Crippen molar-refractivity contribution in [2.24, 2.45) is 5.92 Å². The number of ether oxygens (including phenoxy) is 1. The topological polar surface area (TPSA) is 85.6 Å². The lowest BCUT2D eigenvalue weighted by atomic mass is 10.1. The van der Waals surface area contributed by atoms with Gasteiger partial charge in [0.1, 0.15) is 5.69 Å². The zero-order valence-electron chi connectivity index (χ0n) is 9.39. The second-order valence-corrected chi connectivity index (χ2v) is 3.97. The highest BCUT2D eigenvalue weighted by molar-refractivity contribution is 6.05. The third-order valence-electron chi connectivity index (χ3n) is 2.90. The molecule has 0 saturated heterocycles. The number of Topliss-reactive ketones (excluding diaryl/α,β-unsaturated/α-hetero) is 1. The van der Waals surface area contributed by atoms with E-state index in [4.69, 9.17) is 5.11 Å². The summed E-state index contributed by atoms with van der Waals surface area (Å²) in [5, 5.41) is 9.08. The first kappa shape index (κ1) is 11.4. The molecule has 0 aliphatic heterocycles. The molecule has 6 heteroatoms. The standard InChI is InChI=1S/C11H11NO5/c1-5-3-7-6(9(5)13)4-8(10(14)17-2)12(7)11(15)16/h4-5H,3H2,1-2H3,(H,15,16). The molecule has 1 N–H and O–H groups in total. The van der Waals surface area contributed by atoms with Gasteiger partial charge in [-0.1, -0.05) is 6.92 Å². The van der Waals surface area contributed by atoms with Crippen molar-refractivity contribution >= 4 is 17.8 Å². The molecule has 0 saturated carbocycles. The molecular weight excluding hydrogens is 226 g/mol. The second-order valence-electron chi connectivity index (χ2n) is 3.97. The number of hydrogen-bond donors (Lipinski definition) is 1. The lowest BCUT2D eigenvalue weighted by Gasteiger charge is -2.06. The molecule has 1 atom stereocenters. The van der Waals surface area contributed by atoms with Crippen molar-refractivity contribution < 1.29 is 24.2 Å². The minimum Gasteiger partial charge on any atom is -0.464 e. The minimum absolute atomic E-state index is 0.120. The van der Waals surface area contributed by atoms with Crippen molar-refractivity contribution in [2.75, 3.05) is 7.11 Å². The van der Waals surface area contributed by atoms with E-state index in [2.05, 4.69) is 4.74 Å². The molecule has 1 heterocycles. The van der Waals surface area contributed by atoms with Gasteiger partial charge in [0, 0.05) is 17.2 Å². The maximum absolute atomic E-state index is 11.7. The van der Waals surface area contributed by atoms with Crippen LogP contribution in [0.4, 0.5) is 4.79 Å². The number of nitrogens with zero attached hydrogens (tertiary/aromatic N) is 1. The maximum atomic E-state index is 11.7. The highest BCUT2D eigenvalue weighted by Crippen LogP contribution is 2.29. The number of aromatic nitrogens is 1. The third-order valence-corrected chi connectivity index (χ3v) is 2.90. The Kier molecular flexibility index (Phi) is 2.49. The van der Waals surface area contributed by atoms with E-state index in [1.165, 1.54) is 6.07 Å². The van der Waals surface area contributed by atoms with E-state index in [0.29, 0.717) is 17.7 Å². The Morgan fingerprint density at radius 2 is 2.18 bits per heavy atom. The monoisotopic (exact) mass is 237 g/mol. The zero-order chi connectivity index (χ0) is 12.7. The summed E-state index contributed by atoms with van der Waals surface area (Å²) < 4.78 is 5.33. The quantitative estimate of drug-likeness (QED) is 0.741. The van der Waals surface area contributed by atoms with Crippen molar-refractivity contribution in [3.05, 3.63) is 23.0 Å². The maximum Gasteiger partial charge on any atom is 0.416 e. The van der Waals surface area contributed by atoms with Crippen LogP contribution in [0.15, 0.2) is 6.07 Å². The molecular formula is C11H11NO5. The average Bonchev–Trinajstić information content (AvgIpc) is 2.76. The van der Waals surface area contributed by atoms with Crippen molar-refractivity contribution in [3.8, 4) is 0 Å². The summed E-state index contributed by atoms with van der Waals surface area (Å²) in [4.78, 5) is 34.3. The number of hydrogen-bond acceptors (Lipinski definition) is 4. The number of methoxy groups -OCH3 is 1. The molecule has 2 rings (SSSR count). The Morgan fingerprint density at radius 1 is 1.53 bits per heavy atom. The first-order valence-electron chi connectivity index (χ1n) is 5.07. The summed E-state index contributed by atoms with van der Waals surface area (Å²) in [6, 6.07) is 1.29. The molecule has 0 fully saturated rings. The SMILES string of the molecule is COC(=O)c1cc2c(n1C(=O)O)CC(C)C2=O. The van der Waals surface area contributed by atoms with E-state index in [0.717, 1.165) is 11.7 Å². The molecule has 1 aliphatic rings. The van der Waals surface area contributed by atoms with Crippen LogP contribution in [0.3, 0.4) is 0 Å². The third kappa shape index (κ3) is 1.52. The Bertz CT molecular complexity index is 528.